The standard InChI is InChI=1S/C66H126O6/c1-4-7-10-13-16-19-22-25-28-30-31-32-33-34-35-36-37-39-41-44-47-50-53-56-59-65(68)71-62-63(61-70-64(67)58-55-52-49-46-43-40-27-24-21-18-15-12-9-6-3)72-66(69)60-57-54-51-48-45-42-38-29-26-23-20-17-14-11-8-5-2/h24,27,63H,4-23,25-26,28-62H2,1-3H3/b27-24-. The largest absolute Gasteiger partial charge is 0.462 e. The van der Waals surface area contributed by atoms with Gasteiger partial charge in [0.2, 0.25) is 0 Å². The average Bonchev–Trinajstić information content (AvgIpc) is 3.38. The van der Waals surface area contributed by atoms with Crippen molar-refractivity contribution in [3.05, 3.63) is 12.2 Å². The molecule has 0 saturated carbocycles. The molecule has 0 aliphatic rings. The van der Waals surface area contributed by atoms with Gasteiger partial charge in [-0.3, -0.25) is 14.4 Å². The molecule has 0 aliphatic heterocycles. The van der Waals surface area contributed by atoms with Gasteiger partial charge in [0.15, 0.2) is 6.10 Å². The Balaban J connectivity index is 4.22. The van der Waals surface area contributed by atoms with Gasteiger partial charge in [0.25, 0.3) is 0 Å². The molecule has 0 N–H and O–H groups in total. The van der Waals surface area contributed by atoms with Crippen LogP contribution in [-0.4, -0.2) is 37.2 Å². The summed E-state index contributed by atoms with van der Waals surface area (Å²) in [5.41, 5.74) is 0. The number of hydrogen-bond acceptors (Lipinski definition) is 6. The SMILES string of the molecule is CCCCCCC/C=C\CCCCCCCC(=O)OCC(COC(=O)CCCCCCCCCCCCCCCCCCCCCCCCCC)OC(=O)CCCCCCCCCCCCCCCCCC. The molecule has 0 rings (SSSR count). The Morgan fingerprint density at radius 1 is 0.264 bits per heavy atom. The van der Waals surface area contributed by atoms with Crippen molar-refractivity contribution in [3.8, 4) is 0 Å². The maximum atomic E-state index is 12.9. The second-order valence-corrected chi connectivity index (χ2v) is 22.4. The predicted molar refractivity (Wildman–Crippen MR) is 312 cm³/mol. The lowest BCUT2D eigenvalue weighted by Crippen LogP contribution is -2.30. The van der Waals surface area contributed by atoms with Crippen molar-refractivity contribution in [1.82, 2.24) is 0 Å². The molecule has 0 aromatic carbocycles. The van der Waals surface area contributed by atoms with Crippen molar-refractivity contribution in [3.63, 3.8) is 0 Å². The van der Waals surface area contributed by atoms with Gasteiger partial charge in [0, 0.05) is 19.3 Å². The third kappa shape index (κ3) is 59.0. The first kappa shape index (κ1) is 70.1. The first-order chi connectivity index (χ1) is 35.5. The van der Waals surface area contributed by atoms with Crippen molar-refractivity contribution in [2.45, 2.75) is 380 Å². The summed E-state index contributed by atoms with van der Waals surface area (Å²) in [4.78, 5) is 38.3. The van der Waals surface area contributed by atoms with E-state index in [1.165, 1.54) is 270 Å². The van der Waals surface area contributed by atoms with Gasteiger partial charge >= 0.3 is 17.9 Å². The van der Waals surface area contributed by atoms with E-state index in [9.17, 15) is 14.4 Å². The minimum atomic E-state index is -0.768. The zero-order valence-corrected chi connectivity index (χ0v) is 49.0. The third-order valence-electron chi connectivity index (χ3n) is 15.0. The van der Waals surface area contributed by atoms with Crippen LogP contribution in [0.3, 0.4) is 0 Å². The number of unbranched alkanes of at least 4 members (excludes halogenated alkanes) is 48. The van der Waals surface area contributed by atoms with Gasteiger partial charge in [-0.2, -0.15) is 0 Å². The quantitative estimate of drug-likeness (QED) is 0.0261. The lowest BCUT2D eigenvalue weighted by Gasteiger charge is -2.18. The van der Waals surface area contributed by atoms with Gasteiger partial charge in [-0.05, 0) is 44.9 Å². The van der Waals surface area contributed by atoms with E-state index in [0.717, 1.165) is 64.2 Å². The topological polar surface area (TPSA) is 78.9 Å². The molecule has 0 aromatic rings. The Morgan fingerprint density at radius 3 is 0.694 bits per heavy atom. The molecule has 1 unspecified atom stereocenters. The molecule has 6 nitrogen and oxygen atoms in total. The van der Waals surface area contributed by atoms with Crippen LogP contribution in [0.5, 0.6) is 0 Å². The van der Waals surface area contributed by atoms with Gasteiger partial charge < -0.3 is 14.2 Å². The monoisotopic (exact) mass is 1010 g/mol. The Hall–Kier alpha value is -1.85. The number of hydrogen-bond donors (Lipinski definition) is 0. The Kier molecular flexibility index (Phi) is 60.1. The second kappa shape index (κ2) is 61.7. The summed E-state index contributed by atoms with van der Waals surface area (Å²) in [7, 11) is 0. The van der Waals surface area contributed by atoms with Crippen molar-refractivity contribution in [1.29, 1.82) is 0 Å². The molecule has 0 spiro atoms. The van der Waals surface area contributed by atoms with Crippen LogP contribution in [0.15, 0.2) is 12.2 Å². The van der Waals surface area contributed by atoms with E-state index in [4.69, 9.17) is 14.2 Å². The van der Waals surface area contributed by atoms with Gasteiger partial charge in [0.1, 0.15) is 13.2 Å². The van der Waals surface area contributed by atoms with Crippen LogP contribution in [0.2, 0.25) is 0 Å². The lowest BCUT2D eigenvalue weighted by molar-refractivity contribution is -0.167. The molecule has 426 valence electrons. The fourth-order valence-electron chi connectivity index (χ4n) is 10.1. The molecule has 0 saturated heterocycles. The third-order valence-corrected chi connectivity index (χ3v) is 15.0. The molecule has 0 aromatic heterocycles. The molecule has 72 heavy (non-hydrogen) atoms. The molecule has 6 heteroatoms. The molecule has 0 heterocycles. The van der Waals surface area contributed by atoms with E-state index in [1.54, 1.807) is 0 Å². The molecule has 0 fully saturated rings. The average molecular weight is 1020 g/mol. The fourth-order valence-corrected chi connectivity index (χ4v) is 10.1. The number of allylic oxidation sites excluding steroid dienone is 2. The number of carbonyl (C=O) groups is 3. The van der Waals surface area contributed by atoms with E-state index in [-0.39, 0.29) is 31.1 Å². The lowest BCUT2D eigenvalue weighted by atomic mass is 10.0. The van der Waals surface area contributed by atoms with Crippen LogP contribution in [0.4, 0.5) is 0 Å². The molecule has 1 atom stereocenters. The zero-order chi connectivity index (χ0) is 52.2. The summed E-state index contributed by atoms with van der Waals surface area (Å²) in [6.07, 6.45) is 72.2. The smallest absolute Gasteiger partial charge is 0.306 e. The summed E-state index contributed by atoms with van der Waals surface area (Å²) in [6, 6.07) is 0. The van der Waals surface area contributed by atoms with E-state index >= 15 is 0 Å². The first-order valence-electron chi connectivity index (χ1n) is 32.7. The van der Waals surface area contributed by atoms with Crippen molar-refractivity contribution in [2.24, 2.45) is 0 Å². The number of rotatable bonds is 61. The normalized spacial score (nSPS) is 12.0. The Morgan fingerprint density at radius 2 is 0.458 bits per heavy atom. The number of esters is 3. The van der Waals surface area contributed by atoms with Crippen molar-refractivity contribution in [2.75, 3.05) is 13.2 Å². The van der Waals surface area contributed by atoms with Gasteiger partial charge in [0.05, 0.1) is 0 Å². The number of ether oxygens (including phenoxy) is 3. The van der Waals surface area contributed by atoms with Crippen LogP contribution >= 0.6 is 0 Å². The van der Waals surface area contributed by atoms with E-state index in [0.29, 0.717) is 19.3 Å². The van der Waals surface area contributed by atoms with E-state index in [2.05, 4.69) is 32.9 Å². The van der Waals surface area contributed by atoms with E-state index in [1.807, 2.05) is 0 Å². The van der Waals surface area contributed by atoms with Crippen LogP contribution in [-0.2, 0) is 28.6 Å². The molecule has 0 amide bonds. The molecular formula is C66H126O6. The first-order valence-corrected chi connectivity index (χ1v) is 32.7. The molecule has 0 bridgehead atoms. The van der Waals surface area contributed by atoms with Gasteiger partial charge in [-0.15, -0.1) is 0 Å². The van der Waals surface area contributed by atoms with Gasteiger partial charge in [-0.25, -0.2) is 0 Å². The minimum absolute atomic E-state index is 0.0660. The highest BCUT2D eigenvalue weighted by Gasteiger charge is 2.19. The second-order valence-electron chi connectivity index (χ2n) is 22.4. The zero-order valence-electron chi connectivity index (χ0n) is 49.0. The maximum absolute atomic E-state index is 12.9. The summed E-state index contributed by atoms with van der Waals surface area (Å²) in [5.74, 6) is -0.844. The molecular weight excluding hydrogens is 889 g/mol. The highest BCUT2D eigenvalue weighted by Crippen LogP contribution is 2.18. The molecule has 0 aliphatic carbocycles. The van der Waals surface area contributed by atoms with Gasteiger partial charge in [-0.1, -0.05) is 322 Å². The Bertz CT molecular complexity index is 1120. The van der Waals surface area contributed by atoms with E-state index < -0.39 is 6.10 Å². The molecule has 0 radical (unpaired) electrons. The van der Waals surface area contributed by atoms with Crippen LogP contribution in [0.25, 0.3) is 0 Å². The summed E-state index contributed by atoms with van der Waals surface area (Å²) >= 11 is 0. The summed E-state index contributed by atoms with van der Waals surface area (Å²) in [6.45, 7) is 6.70. The summed E-state index contributed by atoms with van der Waals surface area (Å²) < 4.78 is 16.9. The predicted octanol–water partition coefficient (Wildman–Crippen LogP) is 22.1. The minimum Gasteiger partial charge on any atom is -0.462 e. The van der Waals surface area contributed by atoms with Crippen molar-refractivity contribution < 1.29 is 28.6 Å². The summed E-state index contributed by atoms with van der Waals surface area (Å²) in [5, 5.41) is 0. The Labute approximate surface area is 450 Å². The van der Waals surface area contributed by atoms with Crippen LogP contribution in [0, 0.1) is 0 Å². The van der Waals surface area contributed by atoms with Crippen LogP contribution in [0.1, 0.15) is 374 Å². The highest BCUT2D eigenvalue weighted by atomic mass is 16.6. The van der Waals surface area contributed by atoms with Crippen LogP contribution < -0.4 is 0 Å². The van der Waals surface area contributed by atoms with Crippen molar-refractivity contribution >= 4 is 17.9 Å². The maximum Gasteiger partial charge on any atom is 0.306 e. The fraction of sp³-hybridized carbons (Fsp3) is 0.924. The number of carbonyl (C=O) groups excluding carboxylic acids is 3. The highest BCUT2D eigenvalue weighted by molar-refractivity contribution is 5.71.